The Hall–Kier alpha value is 0.0649. The molecule has 10 heavy (non-hydrogen) atoms. The minimum absolute atomic E-state index is 1.12. The van der Waals surface area contributed by atoms with Crippen molar-refractivity contribution in [2.45, 2.75) is 58.0 Å². The van der Waals surface area contributed by atoms with Crippen LogP contribution in [0.2, 0.25) is 19.0 Å². The smallest absolute Gasteiger partial charge is 0.0742 e. The molecule has 0 amide bonds. The number of hydrogen-bond donors (Lipinski definition) is 0. The zero-order valence-electron chi connectivity index (χ0n) is 7.23. The first-order valence-electron chi connectivity index (χ1n) is 4.93. The van der Waals surface area contributed by atoms with Crippen LogP contribution in [0.5, 0.6) is 0 Å². The second-order valence-corrected chi connectivity index (χ2v) is 3.65. The third-order valence-electron chi connectivity index (χ3n) is 2.69. The van der Waals surface area contributed by atoms with Crippen molar-refractivity contribution in [1.29, 1.82) is 0 Å². The summed E-state index contributed by atoms with van der Waals surface area (Å²) < 4.78 is 0. The zero-order valence-corrected chi connectivity index (χ0v) is 7.23. The lowest BCUT2D eigenvalue weighted by molar-refractivity contribution is 0.765. The lowest BCUT2D eigenvalue weighted by Gasteiger charge is -2.02. The largest absolute Gasteiger partial charge is 0.139 e. The molecule has 0 N–H and O–H groups in total. The van der Waals surface area contributed by atoms with Crippen molar-refractivity contribution in [1.82, 2.24) is 0 Å². The van der Waals surface area contributed by atoms with Gasteiger partial charge in [0, 0.05) is 0 Å². The molecule has 1 saturated heterocycles. The third-order valence-corrected chi connectivity index (χ3v) is 2.69. The number of unbranched alkanes of at least 4 members (excludes halogenated alkanes) is 2. The quantitative estimate of drug-likeness (QED) is 0.412. The molecule has 1 heteroatoms. The highest BCUT2D eigenvalue weighted by Crippen LogP contribution is 2.23. The average Bonchev–Trinajstić information content (AvgIpc) is 2.41. The summed E-state index contributed by atoms with van der Waals surface area (Å²) in [4.78, 5) is 0. The Morgan fingerprint density at radius 3 is 2.40 bits per heavy atom. The van der Waals surface area contributed by atoms with Gasteiger partial charge in [0.2, 0.25) is 0 Å². The molecule has 1 fully saturated rings. The molecule has 0 spiro atoms. The second kappa shape index (κ2) is 4.82. The van der Waals surface area contributed by atoms with Gasteiger partial charge in [0.05, 0.1) is 0 Å². The SMILES string of the molecule is CCCCCB1CCCC1. The van der Waals surface area contributed by atoms with E-state index in [2.05, 4.69) is 6.92 Å². The minimum Gasteiger partial charge on any atom is -0.0742 e. The van der Waals surface area contributed by atoms with Crippen molar-refractivity contribution >= 4 is 6.71 Å². The Kier molecular flexibility index (Phi) is 3.93. The van der Waals surface area contributed by atoms with Gasteiger partial charge < -0.3 is 0 Å². The minimum atomic E-state index is 1.12. The summed E-state index contributed by atoms with van der Waals surface area (Å²) >= 11 is 0. The van der Waals surface area contributed by atoms with E-state index in [0.717, 1.165) is 6.71 Å². The number of rotatable bonds is 4. The van der Waals surface area contributed by atoms with Crippen molar-refractivity contribution in [3.63, 3.8) is 0 Å². The van der Waals surface area contributed by atoms with Crippen LogP contribution < -0.4 is 0 Å². The molecule has 1 rings (SSSR count). The molecule has 1 heterocycles. The molecule has 0 aromatic carbocycles. The Balaban J connectivity index is 1.91. The lowest BCUT2D eigenvalue weighted by atomic mass is 9.45. The summed E-state index contributed by atoms with van der Waals surface area (Å²) in [6.07, 6.45) is 11.9. The van der Waals surface area contributed by atoms with Crippen LogP contribution in [0.25, 0.3) is 0 Å². The van der Waals surface area contributed by atoms with E-state index in [1.54, 1.807) is 0 Å². The van der Waals surface area contributed by atoms with Gasteiger partial charge in [-0.3, -0.25) is 0 Å². The molecule has 0 bridgehead atoms. The Bertz CT molecular complexity index is 74.8. The average molecular weight is 138 g/mol. The third kappa shape index (κ3) is 2.77. The van der Waals surface area contributed by atoms with Gasteiger partial charge in [0.1, 0.15) is 6.71 Å². The van der Waals surface area contributed by atoms with Gasteiger partial charge in [-0.25, -0.2) is 0 Å². The fourth-order valence-electron chi connectivity index (χ4n) is 1.98. The molecule has 58 valence electrons. The summed E-state index contributed by atoms with van der Waals surface area (Å²) in [6.45, 7) is 3.40. The van der Waals surface area contributed by atoms with Crippen LogP contribution in [0.1, 0.15) is 39.0 Å². The normalized spacial score (nSPS) is 18.3. The second-order valence-electron chi connectivity index (χ2n) is 3.65. The van der Waals surface area contributed by atoms with Gasteiger partial charge in [-0.05, 0) is 0 Å². The van der Waals surface area contributed by atoms with Crippen molar-refractivity contribution in [3.8, 4) is 0 Å². The van der Waals surface area contributed by atoms with Crippen LogP contribution in [0.4, 0.5) is 0 Å². The first kappa shape index (κ1) is 8.16. The lowest BCUT2D eigenvalue weighted by Crippen LogP contribution is -2.03. The first-order valence-corrected chi connectivity index (χ1v) is 4.93. The topological polar surface area (TPSA) is 0 Å². The van der Waals surface area contributed by atoms with Crippen molar-refractivity contribution in [2.75, 3.05) is 0 Å². The van der Waals surface area contributed by atoms with E-state index < -0.39 is 0 Å². The van der Waals surface area contributed by atoms with Crippen LogP contribution >= 0.6 is 0 Å². The van der Waals surface area contributed by atoms with Crippen LogP contribution in [-0.2, 0) is 0 Å². The van der Waals surface area contributed by atoms with Gasteiger partial charge in [-0.1, -0.05) is 58.0 Å². The van der Waals surface area contributed by atoms with E-state index in [0.29, 0.717) is 0 Å². The van der Waals surface area contributed by atoms with E-state index in [-0.39, 0.29) is 0 Å². The molecule has 0 aromatic rings. The molecule has 0 aromatic heterocycles. The van der Waals surface area contributed by atoms with E-state index >= 15 is 0 Å². The standard InChI is InChI=1S/C9H19B/c1-2-3-4-7-10-8-5-6-9-10/h2-9H2,1H3. The van der Waals surface area contributed by atoms with Crippen molar-refractivity contribution < 1.29 is 0 Å². The number of hydrogen-bond acceptors (Lipinski definition) is 0. The summed E-state index contributed by atoms with van der Waals surface area (Å²) in [5, 5.41) is 0. The van der Waals surface area contributed by atoms with Crippen molar-refractivity contribution in [3.05, 3.63) is 0 Å². The summed E-state index contributed by atoms with van der Waals surface area (Å²) in [5.74, 6) is 0. The van der Waals surface area contributed by atoms with Crippen LogP contribution in [-0.4, -0.2) is 6.71 Å². The van der Waals surface area contributed by atoms with Crippen molar-refractivity contribution in [2.24, 2.45) is 0 Å². The van der Waals surface area contributed by atoms with Crippen LogP contribution in [0.15, 0.2) is 0 Å². The van der Waals surface area contributed by atoms with Crippen LogP contribution in [0, 0.1) is 0 Å². The molecule has 0 aliphatic carbocycles. The van der Waals surface area contributed by atoms with E-state index in [1.807, 2.05) is 0 Å². The first-order chi connectivity index (χ1) is 4.93. The predicted molar refractivity (Wildman–Crippen MR) is 48.9 cm³/mol. The molecule has 0 radical (unpaired) electrons. The summed E-state index contributed by atoms with van der Waals surface area (Å²) in [5.41, 5.74) is 0. The zero-order chi connectivity index (χ0) is 7.23. The maximum atomic E-state index is 2.29. The van der Waals surface area contributed by atoms with Gasteiger partial charge in [-0.2, -0.15) is 0 Å². The highest BCUT2D eigenvalue weighted by Gasteiger charge is 2.17. The molecular weight excluding hydrogens is 119 g/mol. The predicted octanol–water partition coefficient (Wildman–Crippen LogP) is 3.47. The highest BCUT2D eigenvalue weighted by molar-refractivity contribution is 6.59. The van der Waals surface area contributed by atoms with E-state index in [4.69, 9.17) is 0 Å². The maximum absolute atomic E-state index is 2.29. The summed E-state index contributed by atoms with van der Waals surface area (Å²) in [7, 11) is 0. The van der Waals surface area contributed by atoms with E-state index in [1.165, 1.54) is 51.1 Å². The highest BCUT2D eigenvalue weighted by atomic mass is 14.0. The van der Waals surface area contributed by atoms with Crippen LogP contribution in [0.3, 0.4) is 0 Å². The van der Waals surface area contributed by atoms with Gasteiger partial charge in [-0.15, -0.1) is 0 Å². The van der Waals surface area contributed by atoms with E-state index in [9.17, 15) is 0 Å². The maximum Gasteiger partial charge on any atom is 0.139 e. The molecule has 0 unspecified atom stereocenters. The molecule has 1 aliphatic heterocycles. The molecule has 0 nitrogen and oxygen atoms in total. The fraction of sp³-hybridized carbons (Fsp3) is 1.00. The fourth-order valence-corrected chi connectivity index (χ4v) is 1.98. The Labute approximate surface area is 65.5 Å². The van der Waals surface area contributed by atoms with Gasteiger partial charge >= 0.3 is 0 Å². The Morgan fingerprint density at radius 2 is 1.80 bits per heavy atom. The Morgan fingerprint density at radius 1 is 1.10 bits per heavy atom. The van der Waals surface area contributed by atoms with Gasteiger partial charge in [0.15, 0.2) is 0 Å². The molecule has 0 atom stereocenters. The molecular formula is C9H19B. The summed E-state index contributed by atoms with van der Waals surface area (Å²) in [6, 6.07) is 0. The molecule has 1 aliphatic rings. The molecule has 0 saturated carbocycles. The van der Waals surface area contributed by atoms with Gasteiger partial charge in [0.25, 0.3) is 0 Å². The monoisotopic (exact) mass is 138 g/mol.